The van der Waals surface area contributed by atoms with Crippen LogP contribution in [-0.2, 0) is 16.1 Å². The SMILES string of the molecule is Cc1nn(CC(C)C(=O)N2CCN(CCOC(C)C)CC2)c(C)c1C. The van der Waals surface area contributed by atoms with Gasteiger partial charge in [0.1, 0.15) is 0 Å². The Hall–Kier alpha value is -1.40. The van der Waals surface area contributed by atoms with Crippen LogP contribution in [0.5, 0.6) is 0 Å². The van der Waals surface area contributed by atoms with Gasteiger partial charge >= 0.3 is 0 Å². The van der Waals surface area contributed by atoms with Gasteiger partial charge in [-0.05, 0) is 40.2 Å². The maximum Gasteiger partial charge on any atom is 0.227 e. The molecule has 1 amide bonds. The summed E-state index contributed by atoms with van der Waals surface area (Å²) in [6, 6.07) is 0. The van der Waals surface area contributed by atoms with Crippen LogP contribution in [-0.4, -0.2) is 70.9 Å². The first-order valence-electron chi connectivity index (χ1n) is 9.43. The van der Waals surface area contributed by atoms with Crippen molar-refractivity contribution < 1.29 is 9.53 Å². The highest BCUT2D eigenvalue weighted by atomic mass is 16.5. The van der Waals surface area contributed by atoms with Crippen molar-refractivity contribution in [3.05, 3.63) is 17.0 Å². The van der Waals surface area contributed by atoms with E-state index in [9.17, 15) is 4.79 Å². The van der Waals surface area contributed by atoms with E-state index in [1.165, 1.54) is 5.56 Å². The molecule has 1 fully saturated rings. The van der Waals surface area contributed by atoms with Crippen molar-refractivity contribution in [2.75, 3.05) is 39.3 Å². The Morgan fingerprint density at radius 3 is 2.28 bits per heavy atom. The fraction of sp³-hybridized carbons (Fsp3) is 0.789. The molecule has 2 rings (SSSR count). The zero-order valence-corrected chi connectivity index (χ0v) is 16.7. The van der Waals surface area contributed by atoms with Gasteiger partial charge < -0.3 is 9.64 Å². The smallest absolute Gasteiger partial charge is 0.227 e. The highest BCUT2D eigenvalue weighted by Gasteiger charge is 2.25. The highest BCUT2D eigenvalue weighted by Crippen LogP contribution is 2.15. The van der Waals surface area contributed by atoms with Crippen molar-refractivity contribution in [3.8, 4) is 0 Å². The minimum absolute atomic E-state index is 0.0479. The summed E-state index contributed by atoms with van der Waals surface area (Å²) in [7, 11) is 0. The third kappa shape index (κ3) is 5.28. The molecule has 0 bridgehead atoms. The third-order valence-corrected chi connectivity index (χ3v) is 5.15. The maximum atomic E-state index is 12.8. The molecule has 6 nitrogen and oxygen atoms in total. The number of nitrogens with zero attached hydrogens (tertiary/aromatic N) is 4. The van der Waals surface area contributed by atoms with Crippen molar-refractivity contribution in [1.29, 1.82) is 0 Å². The Labute approximate surface area is 152 Å². The molecule has 6 heteroatoms. The molecule has 1 atom stereocenters. The normalized spacial score (nSPS) is 17.3. The van der Waals surface area contributed by atoms with Crippen molar-refractivity contribution in [3.63, 3.8) is 0 Å². The molecule has 0 aromatic carbocycles. The van der Waals surface area contributed by atoms with E-state index in [-0.39, 0.29) is 17.9 Å². The summed E-state index contributed by atoms with van der Waals surface area (Å²) >= 11 is 0. The van der Waals surface area contributed by atoms with Gasteiger partial charge in [0.2, 0.25) is 5.91 Å². The average molecular weight is 351 g/mol. The summed E-state index contributed by atoms with van der Waals surface area (Å²) in [6.45, 7) is 18.1. The van der Waals surface area contributed by atoms with Gasteiger partial charge in [-0.3, -0.25) is 14.4 Å². The Balaban J connectivity index is 1.80. The second-order valence-electron chi connectivity index (χ2n) is 7.47. The first kappa shape index (κ1) is 19.9. The average Bonchev–Trinajstić information content (AvgIpc) is 2.81. The Kier molecular flexibility index (Phi) is 7.02. The predicted molar refractivity (Wildman–Crippen MR) is 99.7 cm³/mol. The minimum Gasteiger partial charge on any atom is -0.377 e. The van der Waals surface area contributed by atoms with Crippen LogP contribution in [0.4, 0.5) is 0 Å². The monoisotopic (exact) mass is 350 g/mol. The Morgan fingerprint density at radius 2 is 1.76 bits per heavy atom. The molecule has 1 aliphatic heterocycles. The second kappa shape index (κ2) is 8.81. The molecule has 25 heavy (non-hydrogen) atoms. The minimum atomic E-state index is -0.0479. The van der Waals surface area contributed by atoms with E-state index in [4.69, 9.17) is 4.74 Å². The van der Waals surface area contributed by atoms with Gasteiger partial charge in [0.15, 0.2) is 0 Å². The molecule has 0 radical (unpaired) electrons. The van der Waals surface area contributed by atoms with Crippen molar-refractivity contribution in [2.24, 2.45) is 5.92 Å². The summed E-state index contributed by atoms with van der Waals surface area (Å²) in [5.74, 6) is 0.191. The molecule has 0 N–H and O–H groups in total. The molecule has 1 saturated heterocycles. The van der Waals surface area contributed by atoms with Gasteiger partial charge in [0, 0.05) is 38.4 Å². The lowest BCUT2D eigenvalue weighted by Gasteiger charge is -2.36. The number of ether oxygens (including phenoxy) is 1. The molecule has 1 aromatic rings. The van der Waals surface area contributed by atoms with Gasteiger partial charge in [0.25, 0.3) is 0 Å². The van der Waals surface area contributed by atoms with Gasteiger partial charge in [-0.1, -0.05) is 6.92 Å². The lowest BCUT2D eigenvalue weighted by Crippen LogP contribution is -2.51. The number of aryl methyl sites for hydroxylation is 1. The molecule has 0 aliphatic carbocycles. The predicted octanol–water partition coefficient (Wildman–Crippen LogP) is 2.01. The van der Waals surface area contributed by atoms with E-state index in [2.05, 4.69) is 37.7 Å². The van der Waals surface area contributed by atoms with Crippen LogP contribution < -0.4 is 0 Å². The zero-order valence-electron chi connectivity index (χ0n) is 16.7. The first-order chi connectivity index (χ1) is 11.8. The van der Waals surface area contributed by atoms with E-state index in [0.717, 1.165) is 50.7 Å². The molecule has 0 saturated carbocycles. The summed E-state index contributed by atoms with van der Waals surface area (Å²) < 4.78 is 7.59. The lowest BCUT2D eigenvalue weighted by atomic mass is 10.1. The van der Waals surface area contributed by atoms with E-state index in [1.54, 1.807) is 0 Å². The fourth-order valence-electron chi connectivity index (χ4n) is 3.22. The number of aromatic nitrogens is 2. The molecule has 1 unspecified atom stereocenters. The van der Waals surface area contributed by atoms with Crippen LogP contribution in [0.2, 0.25) is 0 Å². The number of rotatable bonds is 7. The number of hydrogen-bond donors (Lipinski definition) is 0. The first-order valence-corrected chi connectivity index (χ1v) is 9.43. The van der Waals surface area contributed by atoms with Crippen LogP contribution >= 0.6 is 0 Å². The van der Waals surface area contributed by atoms with Crippen LogP contribution in [0.3, 0.4) is 0 Å². The van der Waals surface area contributed by atoms with Crippen LogP contribution in [0.25, 0.3) is 0 Å². The van der Waals surface area contributed by atoms with Crippen LogP contribution in [0.15, 0.2) is 0 Å². The number of hydrogen-bond acceptors (Lipinski definition) is 4. The van der Waals surface area contributed by atoms with E-state index >= 15 is 0 Å². The number of piperazine rings is 1. The summed E-state index contributed by atoms with van der Waals surface area (Å²) in [5, 5.41) is 4.56. The third-order valence-electron chi connectivity index (χ3n) is 5.15. The maximum absolute atomic E-state index is 12.8. The Bertz CT molecular complexity index is 574. The number of carbonyl (C=O) groups is 1. The second-order valence-corrected chi connectivity index (χ2v) is 7.47. The van der Waals surface area contributed by atoms with E-state index in [1.807, 2.05) is 23.4 Å². The van der Waals surface area contributed by atoms with E-state index < -0.39 is 0 Å². The van der Waals surface area contributed by atoms with Gasteiger partial charge in [0.05, 0.1) is 30.9 Å². The van der Waals surface area contributed by atoms with Crippen LogP contribution in [0, 0.1) is 26.7 Å². The standard InChI is InChI=1S/C19H34N4O2/c1-14(2)25-12-11-21-7-9-22(10-8-21)19(24)15(3)13-23-18(6)16(4)17(5)20-23/h14-15H,7-13H2,1-6H3. The largest absolute Gasteiger partial charge is 0.377 e. The van der Waals surface area contributed by atoms with Gasteiger partial charge in [-0.25, -0.2) is 0 Å². The Morgan fingerprint density at radius 1 is 1.12 bits per heavy atom. The number of carbonyl (C=O) groups excluding carboxylic acids is 1. The molecule has 1 aromatic heterocycles. The van der Waals surface area contributed by atoms with Crippen molar-refractivity contribution in [2.45, 2.75) is 54.2 Å². The fourth-order valence-corrected chi connectivity index (χ4v) is 3.22. The summed E-state index contributed by atoms with van der Waals surface area (Å²) in [4.78, 5) is 17.1. The molecule has 1 aliphatic rings. The molecular weight excluding hydrogens is 316 g/mol. The molecular formula is C19H34N4O2. The quantitative estimate of drug-likeness (QED) is 0.755. The van der Waals surface area contributed by atoms with Gasteiger partial charge in [-0.15, -0.1) is 0 Å². The molecule has 0 spiro atoms. The summed E-state index contributed by atoms with van der Waals surface area (Å²) in [6.07, 6.45) is 0.279. The van der Waals surface area contributed by atoms with Crippen molar-refractivity contribution in [1.82, 2.24) is 19.6 Å². The van der Waals surface area contributed by atoms with Crippen LogP contribution in [0.1, 0.15) is 37.7 Å². The lowest BCUT2D eigenvalue weighted by molar-refractivity contribution is -0.137. The summed E-state index contributed by atoms with van der Waals surface area (Å²) in [5.41, 5.74) is 3.43. The molecule has 142 valence electrons. The number of amides is 1. The highest BCUT2D eigenvalue weighted by molar-refractivity contribution is 5.78. The molecule has 2 heterocycles. The van der Waals surface area contributed by atoms with E-state index in [0.29, 0.717) is 6.54 Å². The zero-order chi connectivity index (χ0) is 18.6. The van der Waals surface area contributed by atoms with Gasteiger partial charge in [-0.2, -0.15) is 5.10 Å². The van der Waals surface area contributed by atoms with Crippen molar-refractivity contribution >= 4 is 5.91 Å². The topological polar surface area (TPSA) is 50.6 Å².